The van der Waals surface area contributed by atoms with Crippen LogP contribution in [0.5, 0.6) is 0 Å². The standard InChI is InChI=1S/C31H26Cl2N4O3S/c1-2-28(31(40)36-26-17-22(32)13-14-25(26)33)41-24-12-6-11-23(18-24)35-30(39)27(16-20-8-7-15-34-19-20)37-29(38)21-9-4-3-5-10-21/h3-19,28H,2H2,1H3,(H,35,39)(H,36,40)(H,37,38)/b27-16-. The van der Waals surface area contributed by atoms with E-state index in [1.807, 2.05) is 13.0 Å². The van der Waals surface area contributed by atoms with Gasteiger partial charge in [-0.1, -0.05) is 60.5 Å². The summed E-state index contributed by atoms with van der Waals surface area (Å²) in [7, 11) is 0. The Hall–Kier alpha value is -4.11. The molecule has 0 aliphatic carbocycles. The fourth-order valence-electron chi connectivity index (χ4n) is 3.71. The average molecular weight is 606 g/mol. The molecule has 0 aliphatic heterocycles. The molecule has 0 radical (unpaired) electrons. The van der Waals surface area contributed by atoms with Crippen molar-refractivity contribution in [3.63, 3.8) is 0 Å². The van der Waals surface area contributed by atoms with Crippen molar-refractivity contribution in [2.75, 3.05) is 10.6 Å². The first-order chi connectivity index (χ1) is 19.8. The number of benzene rings is 3. The fraction of sp³-hybridized carbons (Fsp3) is 0.0968. The zero-order chi connectivity index (χ0) is 29.2. The van der Waals surface area contributed by atoms with Gasteiger partial charge in [-0.25, -0.2) is 0 Å². The van der Waals surface area contributed by atoms with Crippen LogP contribution in [0.25, 0.3) is 6.08 Å². The van der Waals surface area contributed by atoms with Crippen molar-refractivity contribution >= 4 is 70.1 Å². The highest BCUT2D eigenvalue weighted by atomic mass is 35.5. The molecule has 3 N–H and O–H groups in total. The summed E-state index contributed by atoms with van der Waals surface area (Å²) in [5.41, 5.74) is 2.05. The quantitative estimate of drug-likeness (QED) is 0.130. The van der Waals surface area contributed by atoms with E-state index in [2.05, 4.69) is 20.9 Å². The van der Waals surface area contributed by atoms with E-state index in [0.29, 0.717) is 39.0 Å². The van der Waals surface area contributed by atoms with Gasteiger partial charge in [-0.15, -0.1) is 11.8 Å². The molecule has 41 heavy (non-hydrogen) atoms. The summed E-state index contributed by atoms with van der Waals surface area (Å²) < 4.78 is 0. The predicted octanol–water partition coefficient (Wildman–Crippen LogP) is 7.31. The van der Waals surface area contributed by atoms with Crippen LogP contribution in [0.3, 0.4) is 0 Å². The molecule has 0 saturated heterocycles. The molecule has 0 saturated carbocycles. The normalized spacial score (nSPS) is 11.8. The fourth-order valence-corrected chi connectivity index (χ4v) is 5.06. The van der Waals surface area contributed by atoms with Crippen LogP contribution in [0.2, 0.25) is 10.0 Å². The van der Waals surface area contributed by atoms with E-state index in [-0.39, 0.29) is 11.6 Å². The number of anilines is 2. The second-order valence-corrected chi connectivity index (χ2v) is 10.9. The maximum absolute atomic E-state index is 13.3. The number of nitrogens with zero attached hydrogens (tertiary/aromatic N) is 1. The Kier molecular flexibility index (Phi) is 10.6. The van der Waals surface area contributed by atoms with E-state index in [4.69, 9.17) is 23.2 Å². The number of nitrogens with one attached hydrogen (secondary N) is 3. The number of carbonyl (C=O) groups is 3. The topological polar surface area (TPSA) is 100 Å². The molecule has 1 atom stereocenters. The van der Waals surface area contributed by atoms with Crippen molar-refractivity contribution in [2.24, 2.45) is 0 Å². The van der Waals surface area contributed by atoms with Gasteiger partial charge in [-0.3, -0.25) is 19.4 Å². The van der Waals surface area contributed by atoms with Gasteiger partial charge in [0, 0.05) is 33.6 Å². The lowest BCUT2D eigenvalue weighted by Crippen LogP contribution is -2.30. The number of rotatable bonds is 10. The summed E-state index contributed by atoms with van der Waals surface area (Å²) in [5.74, 6) is -1.15. The summed E-state index contributed by atoms with van der Waals surface area (Å²) in [5, 5.41) is 8.82. The number of halogens is 2. The molecule has 208 valence electrons. The van der Waals surface area contributed by atoms with Gasteiger partial charge < -0.3 is 16.0 Å². The molecule has 4 rings (SSSR count). The smallest absolute Gasteiger partial charge is 0.272 e. The van der Waals surface area contributed by atoms with Gasteiger partial charge in [0.2, 0.25) is 5.91 Å². The first-order valence-electron chi connectivity index (χ1n) is 12.6. The monoisotopic (exact) mass is 604 g/mol. The van der Waals surface area contributed by atoms with Gasteiger partial charge in [0.15, 0.2) is 0 Å². The molecule has 1 aromatic heterocycles. The highest BCUT2D eigenvalue weighted by molar-refractivity contribution is 8.00. The molecule has 0 spiro atoms. The Balaban J connectivity index is 1.49. The molecule has 0 bridgehead atoms. The Morgan fingerprint density at radius 3 is 2.46 bits per heavy atom. The van der Waals surface area contributed by atoms with Crippen LogP contribution in [0.15, 0.2) is 108 Å². The number of pyridine rings is 1. The van der Waals surface area contributed by atoms with Crippen LogP contribution in [0.4, 0.5) is 11.4 Å². The van der Waals surface area contributed by atoms with Crippen LogP contribution in [-0.4, -0.2) is 28.0 Å². The Morgan fingerprint density at radius 2 is 1.73 bits per heavy atom. The number of hydrogen-bond donors (Lipinski definition) is 3. The second kappa shape index (κ2) is 14.5. The molecule has 4 aromatic rings. The molecule has 10 heteroatoms. The molecule has 3 amide bonds. The van der Waals surface area contributed by atoms with E-state index in [1.165, 1.54) is 11.8 Å². The zero-order valence-corrected chi connectivity index (χ0v) is 24.3. The lowest BCUT2D eigenvalue weighted by Gasteiger charge is -2.16. The third kappa shape index (κ3) is 8.69. The van der Waals surface area contributed by atoms with Crippen molar-refractivity contribution in [3.05, 3.63) is 124 Å². The molecule has 1 unspecified atom stereocenters. The molecular weight excluding hydrogens is 579 g/mol. The maximum Gasteiger partial charge on any atom is 0.272 e. The van der Waals surface area contributed by atoms with E-state index >= 15 is 0 Å². The number of hydrogen-bond acceptors (Lipinski definition) is 5. The number of amides is 3. The van der Waals surface area contributed by atoms with Gasteiger partial charge in [0.1, 0.15) is 5.70 Å². The third-order valence-electron chi connectivity index (χ3n) is 5.74. The summed E-state index contributed by atoms with van der Waals surface area (Å²) in [6, 6.07) is 24.1. The van der Waals surface area contributed by atoms with E-state index in [1.54, 1.807) is 97.3 Å². The van der Waals surface area contributed by atoms with E-state index in [0.717, 1.165) is 4.90 Å². The second-order valence-electron chi connectivity index (χ2n) is 8.77. The number of thioether (sulfide) groups is 1. The Labute approximate surface area is 252 Å². The van der Waals surface area contributed by atoms with E-state index in [9.17, 15) is 14.4 Å². The van der Waals surface area contributed by atoms with Crippen LogP contribution >= 0.6 is 35.0 Å². The lowest BCUT2D eigenvalue weighted by atomic mass is 10.2. The average Bonchev–Trinajstić information content (AvgIpc) is 2.98. The van der Waals surface area contributed by atoms with Crippen molar-refractivity contribution in [1.29, 1.82) is 0 Å². The molecular formula is C31H26Cl2N4O3S. The lowest BCUT2D eigenvalue weighted by molar-refractivity contribution is -0.116. The summed E-state index contributed by atoms with van der Waals surface area (Å²) in [6.07, 6.45) is 5.32. The Bertz CT molecular complexity index is 1570. The largest absolute Gasteiger partial charge is 0.324 e. The van der Waals surface area contributed by atoms with Crippen LogP contribution in [0.1, 0.15) is 29.3 Å². The highest BCUT2D eigenvalue weighted by Gasteiger charge is 2.20. The first-order valence-corrected chi connectivity index (χ1v) is 14.3. The zero-order valence-electron chi connectivity index (χ0n) is 21.9. The maximum atomic E-state index is 13.3. The van der Waals surface area contributed by atoms with Gasteiger partial charge in [-0.05, 0) is 72.7 Å². The van der Waals surface area contributed by atoms with Crippen molar-refractivity contribution in [1.82, 2.24) is 10.3 Å². The van der Waals surface area contributed by atoms with Crippen LogP contribution in [0, 0.1) is 0 Å². The van der Waals surface area contributed by atoms with Crippen molar-refractivity contribution in [2.45, 2.75) is 23.5 Å². The van der Waals surface area contributed by atoms with Gasteiger partial charge >= 0.3 is 0 Å². The van der Waals surface area contributed by atoms with Gasteiger partial charge in [0.05, 0.1) is 16.0 Å². The summed E-state index contributed by atoms with van der Waals surface area (Å²) >= 11 is 13.6. The number of aromatic nitrogens is 1. The third-order valence-corrected chi connectivity index (χ3v) is 7.67. The van der Waals surface area contributed by atoms with Gasteiger partial charge in [-0.2, -0.15) is 0 Å². The Morgan fingerprint density at radius 1 is 0.927 bits per heavy atom. The minimum Gasteiger partial charge on any atom is -0.324 e. The van der Waals surface area contributed by atoms with E-state index < -0.39 is 17.1 Å². The minimum absolute atomic E-state index is 0.0501. The summed E-state index contributed by atoms with van der Waals surface area (Å²) in [6.45, 7) is 1.91. The SMILES string of the molecule is CCC(Sc1cccc(NC(=O)/C(=C/c2cccnc2)NC(=O)c2ccccc2)c1)C(=O)Nc1cc(Cl)ccc1Cl. The highest BCUT2D eigenvalue weighted by Crippen LogP contribution is 2.31. The molecule has 0 aliphatic rings. The summed E-state index contributed by atoms with van der Waals surface area (Å²) in [4.78, 5) is 44.0. The van der Waals surface area contributed by atoms with Crippen molar-refractivity contribution in [3.8, 4) is 0 Å². The first kappa shape index (κ1) is 29.9. The molecule has 3 aromatic carbocycles. The minimum atomic E-state index is -0.513. The number of carbonyl (C=O) groups excluding carboxylic acids is 3. The molecule has 7 nitrogen and oxygen atoms in total. The van der Waals surface area contributed by atoms with Gasteiger partial charge in [0.25, 0.3) is 11.8 Å². The van der Waals surface area contributed by atoms with Crippen LogP contribution < -0.4 is 16.0 Å². The molecule has 1 heterocycles. The van der Waals surface area contributed by atoms with Crippen LogP contribution in [-0.2, 0) is 9.59 Å². The molecule has 0 fully saturated rings. The predicted molar refractivity (Wildman–Crippen MR) is 166 cm³/mol. The van der Waals surface area contributed by atoms with Crippen molar-refractivity contribution < 1.29 is 14.4 Å².